The molecule has 6 nitrogen and oxygen atoms in total. The predicted molar refractivity (Wildman–Crippen MR) is 78.1 cm³/mol. The summed E-state index contributed by atoms with van der Waals surface area (Å²) in [6.07, 6.45) is 0. The maximum Gasteiger partial charge on any atom is 0.357 e. The molecular formula is C14H14N2O4S. The Bertz CT molecular complexity index is 684. The molecule has 1 aliphatic heterocycles. The maximum atomic E-state index is 11.5. The van der Waals surface area contributed by atoms with Gasteiger partial charge in [-0.3, -0.25) is 0 Å². The van der Waals surface area contributed by atoms with Crippen molar-refractivity contribution in [2.24, 2.45) is 0 Å². The van der Waals surface area contributed by atoms with Gasteiger partial charge in [0.15, 0.2) is 22.3 Å². The standard InChI is InChI=1S/C14H14N2O4S/c1-8-12(13(17)18-2)16-14(21-8)15-6-9-3-4-10-11(5-9)20-7-19-10/h3-5H,6-7H2,1-2H3,(H,15,16). The lowest BCUT2D eigenvalue weighted by atomic mass is 10.2. The highest BCUT2D eigenvalue weighted by atomic mass is 32.1. The molecule has 0 unspecified atom stereocenters. The zero-order valence-corrected chi connectivity index (χ0v) is 12.5. The van der Waals surface area contributed by atoms with E-state index in [4.69, 9.17) is 14.2 Å². The number of rotatable bonds is 4. The highest BCUT2D eigenvalue weighted by Gasteiger charge is 2.16. The van der Waals surface area contributed by atoms with Gasteiger partial charge in [0, 0.05) is 11.4 Å². The maximum absolute atomic E-state index is 11.5. The minimum Gasteiger partial charge on any atom is -0.464 e. The number of carbonyl (C=O) groups excluding carboxylic acids is 1. The number of aromatic nitrogens is 1. The van der Waals surface area contributed by atoms with Gasteiger partial charge in [-0.15, -0.1) is 11.3 Å². The summed E-state index contributed by atoms with van der Waals surface area (Å²) >= 11 is 1.42. The lowest BCUT2D eigenvalue weighted by Gasteiger charge is -2.04. The zero-order valence-electron chi connectivity index (χ0n) is 11.6. The van der Waals surface area contributed by atoms with Crippen LogP contribution in [0.15, 0.2) is 18.2 Å². The number of benzene rings is 1. The minimum absolute atomic E-state index is 0.264. The van der Waals surface area contributed by atoms with Gasteiger partial charge in [0.25, 0.3) is 0 Å². The summed E-state index contributed by atoms with van der Waals surface area (Å²) in [7, 11) is 1.35. The fourth-order valence-corrected chi connectivity index (χ4v) is 2.78. The van der Waals surface area contributed by atoms with Crippen LogP contribution in [0, 0.1) is 6.92 Å². The summed E-state index contributed by atoms with van der Waals surface area (Å²) in [4.78, 5) is 16.6. The normalized spacial score (nSPS) is 12.3. The third kappa shape index (κ3) is 2.78. The van der Waals surface area contributed by atoms with E-state index >= 15 is 0 Å². The molecule has 110 valence electrons. The molecule has 2 heterocycles. The SMILES string of the molecule is COC(=O)c1nc(NCc2ccc3c(c2)OCO3)sc1C. The van der Waals surface area contributed by atoms with Gasteiger partial charge in [-0.2, -0.15) is 0 Å². The largest absolute Gasteiger partial charge is 0.464 e. The van der Waals surface area contributed by atoms with Gasteiger partial charge in [0.1, 0.15) is 0 Å². The van der Waals surface area contributed by atoms with Gasteiger partial charge >= 0.3 is 5.97 Å². The summed E-state index contributed by atoms with van der Waals surface area (Å²) < 4.78 is 15.3. The van der Waals surface area contributed by atoms with E-state index in [9.17, 15) is 4.79 Å². The molecule has 0 fully saturated rings. The van der Waals surface area contributed by atoms with Crippen LogP contribution in [0.4, 0.5) is 5.13 Å². The molecule has 1 aromatic carbocycles. The van der Waals surface area contributed by atoms with Crippen LogP contribution in [0.2, 0.25) is 0 Å². The second-order valence-corrected chi connectivity index (χ2v) is 5.66. The molecule has 0 saturated heterocycles. The third-order valence-corrected chi connectivity index (χ3v) is 3.98. The Labute approximate surface area is 125 Å². The topological polar surface area (TPSA) is 69.7 Å². The van der Waals surface area contributed by atoms with Crippen molar-refractivity contribution >= 4 is 22.4 Å². The molecule has 3 rings (SSSR count). The van der Waals surface area contributed by atoms with Crippen LogP contribution in [0.3, 0.4) is 0 Å². The van der Waals surface area contributed by atoms with Crippen molar-refractivity contribution in [1.82, 2.24) is 4.98 Å². The van der Waals surface area contributed by atoms with Gasteiger partial charge in [0.2, 0.25) is 6.79 Å². The van der Waals surface area contributed by atoms with Crippen LogP contribution >= 0.6 is 11.3 Å². The van der Waals surface area contributed by atoms with Crippen molar-refractivity contribution in [3.05, 3.63) is 34.3 Å². The number of methoxy groups -OCH3 is 1. The fourth-order valence-electron chi connectivity index (χ4n) is 1.99. The van der Waals surface area contributed by atoms with Crippen molar-refractivity contribution in [2.75, 3.05) is 19.2 Å². The van der Waals surface area contributed by atoms with E-state index in [0.717, 1.165) is 21.9 Å². The van der Waals surface area contributed by atoms with E-state index in [-0.39, 0.29) is 6.79 Å². The monoisotopic (exact) mass is 306 g/mol. The highest BCUT2D eigenvalue weighted by molar-refractivity contribution is 7.15. The molecule has 0 radical (unpaired) electrons. The van der Waals surface area contributed by atoms with E-state index < -0.39 is 5.97 Å². The van der Waals surface area contributed by atoms with Gasteiger partial charge in [-0.25, -0.2) is 9.78 Å². The number of esters is 1. The van der Waals surface area contributed by atoms with Crippen molar-refractivity contribution in [3.63, 3.8) is 0 Å². The van der Waals surface area contributed by atoms with Gasteiger partial charge in [-0.1, -0.05) is 6.07 Å². The Morgan fingerprint density at radius 1 is 1.43 bits per heavy atom. The molecule has 7 heteroatoms. The summed E-state index contributed by atoms with van der Waals surface area (Å²) in [6, 6.07) is 5.77. The van der Waals surface area contributed by atoms with Crippen molar-refractivity contribution in [1.29, 1.82) is 0 Å². The number of fused-ring (bicyclic) bond motifs is 1. The van der Waals surface area contributed by atoms with Gasteiger partial charge < -0.3 is 19.5 Å². The predicted octanol–water partition coefficient (Wildman–Crippen LogP) is 2.58. The van der Waals surface area contributed by atoms with Gasteiger partial charge in [0.05, 0.1) is 7.11 Å². The third-order valence-electron chi connectivity index (χ3n) is 3.06. The fraction of sp³-hybridized carbons (Fsp3) is 0.286. The molecule has 2 aromatic rings. The van der Waals surface area contributed by atoms with E-state index in [0.29, 0.717) is 17.4 Å². The number of thiazole rings is 1. The lowest BCUT2D eigenvalue weighted by molar-refractivity contribution is 0.0594. The first kappa shape index (κ1) is 13.7. The van der Waals surface area contributed by atoms with E-state index in [2.05, 4.69) is 10.3 Å². The first-order valence-corrected chi connectivity index (χ1v) is 7.17. The van der Waals surface area contributed by atoms with Crippen LogP contribution < -0.4 is 14.8 Å². The molecule has 0 aliphatic carbocycles. The zero-order chi connectivity index (χ0) is 14.8. The number of aryl methyl sites for hydroxylation is 1. The van der Waals surface area contributed by atoms with Crippen molar-refractivity contribution < 1.29 is 19.0 Å². The van der Waals surface area contributed by atoms with E-state index in [1.54, 1.807) is 0 Å². The smallest absolute Gasteiger partial charge is 0.357 e. The number of hydrogen-bond donors (Lipinski definition) is 1. The highest BCUT2D eigenvalue weighted by Crippen LogP contribution is 2.32. The minimum atomic E-state index is -0.417. The Morgan fingerprint density at radius 3 is 3.05 bits per heavy atom. The van der Waals surface area contributed by atoms with Crippen molar-refractivity contribution in [2.45, 2.75) is 13.5 Å². The average molecular weight is 306 g/mol. The first-order chi connectivity index (χ1) is 10.2. The lowest BCUT2D eigenvalue weighted by Crippen LogP contribution is -2.04. The number of ether oxygens (including phenoxy) is 3. The Hall–Kier alpha value is -2.28. The van der Waals surface area contributed by atoms with Crippen LogP contribution in [-0.4, -0.2) is 24.9 Å². The average Bonchev–Trinajstić information content (AvgIpc) is 3.10. The summed E-state index contributed by atoms with van der Waals surface area (Å²) in [5.41, 5.74) is 1.41. The Morgan fingerprint density at radius 2 is 2.24 bits per heavy atom. The second-order valence-electron chi connectivity index (χ2n) is 4.46. The summed E-state index contributed by atoms with van der Waals surface area (Å²) in [5.74, 6) is 1.09. The summed E-state index contributed by atoms with van der Waals surface area (Å²) in [5, 5.41) is 3.88. The number of nitrogens with one attached hydrogen (secondary N) is 1. The molecule has 0 amide bonds. The van der Waals surface area contributed by atoms with Crippen LogP contribution in [-0.2, 0) is 11.3 Å². The van der Waals surface area contributed by atoms with Gasteiger partial charge in [-0.05, 0) is 24.6 Å². The number of carbonyl (C=O) groups is 1. The van der Waals surface area contributed by atoms with Crippen LogP contribution in [0.1, 0.15) is 20.9 Å². The molecule has 1 aromatic heterocycles. The van der Waals surface area contributed by atoms with E-state index in [1.807, 2.05) is 25.1 Å². The summed E-state index contributed by atoms with van der Waals surface area (Å²) in [6.45, 7) is 2.69. The van der Waals surface area contributed by atoms with Crippen LogP contribution in [0.5, 0.6) is 11.5 Å². The Balaban J connectivity index is 1.69. The van der Waals surface area contributed by atoms with Crippen molar-refractivity contribution in [3.8, 4) is 11.5 Å². The number of hydrogen-bond acceptors (Lipinski definition) is 7. The molecular weight excluding hydrogens is 292 g/mol. The molecule has 0 atom stereocenters. The quantitative estimate of drug-likeness (QED) is 0.876. The molecule has 21 heavy (non-hydrogen) atoms. The second kappa shape index (κ2) is 5.61. The molecule has 1 N–H and O–H groups in total. The number of nitrogens with zero attached hydrogens (tertiary/aromatic N) is 1. The number of anilines is 1. The molecule has 1 aliphatic rings. The first-order valence-electron chi connectivity index (χ1n) is 6.35. The van der Waals surface area contributed by atoms with E-state index in [1.165, 1.54) is 18.4 Å². The molecule has 0 saturated carbocycles. The Kier molecular flexibility index (Phi) is 3.66. The molecule has 0 bridgehead atoms. The molecule has 0 spiro atoms. The van der Waals surface area contributed by atoms with Crippen LogP contribution in [0.25, 0.3) is 0 Å².